The van der Waals surface area contributed by atoms with Gasteiger partial charge < -0.3 is 5.11 Å². The molecule has 0 saturated heterocycles. The number of aryl methyl sites for hydroxylation is 2. The quantitative estimate of drug-likeness (QED) is 0.674. The Bertz CT molecular complexity index is 724. The van der Waals surface area contributed by atoms with Crippen molar-refractivity contribution < 1.29 is 5.11 Å². The average molecular weight is 302 g/mol. The molecule has 0 heterocycles. The van der Waals surface area contributed by atoms with E-state index in [0.29, 0.717) is 0 Å². The number of hydrogen-bond acceptors (Lipinski definition) is 1. The maximum Gasteiger partial charge on any atom is 0.0684 e. The first kappa shape index (κ1) is 15.5. The highest BCUT2D eigenvalue weighted by molar-refractivity contribution is 5.47. The number of aliphatic hydroxyl groups is 1. The normalized spacial score (nSPS) is 11.0. The fourth-order valence-electron chi connectivity index (χ4n) is 3.03. The van der Waals surface area contributed by atoms with Crippen molar-refractivity contribution in [2.24, 2.45) is 0 Å². The van der Waals surface area contributed by atoms with Crippen molar-refractivity contribution >= 4 is 0 Å². The average Bonchev–Trinajstić information content (AvgIpc) is 2.59. The van der Waals surface area contributed by atoms with Gasteiger partial charge in [-0.1, -0.05) is 83.9 Å². The molecule has 0 spiro atoms. The maximum absolute atomic E-state index is 9.75. The van der Waals surface area contributed by atoms with Crippen LogP contribution in [0.1, 0.15) is 39.3 Å². The van der Waals surface area contributed by atoms with Crippen LogP contribution < -0.4 is 0 Å². The summed E-state index contributed by atoms with van der Waals surface area (Å²) in [7, 11) is 0. The molecule has 0 bridgehead atoms. The molecule has 3 aromatic rings. The fourth-order valence-corrected chi connectivity index (χ4v) is 3.03. The number of aliphatic hydroxyl groups excluding tert-OH is 1. The monoisotopic (exact) mass is 302 g/mol. The van der Waals surface area contributed by atoms with Crippen molar-refractivity contribution in [1.82, 2.24) is 0 Å². The van der Waals surface area contributed by atoms with Gasteiger partial charge in [0.1, 0.15) is 0 Å². The number of benzene rings is 3. The Morgan fingerprint density at radius 2 is 1.17 bits per heavy atom. The van der Waals surface area contributed by atoms with Crippen molar-refractivity contribution in [1.29, 1.82) is 0 Å². The third kappa shape index (κ3) is 3.35. The van der Waals surface area contributed by atoms with E-state index in [1.165, 1.54) is 27.8 Å². The van der Waals surface area contributed by atoms with Gasteiger partial charge in [0.15, 0.2) is 0 Å². The maximum atomic E-state index is 9.75. The van der Waals surface area contributed by atoms with E-state index in [4.69, 9.17) is 0 Å². The van der Waals surface area contributed by atoms with Crippen LogP contribution in [0.4, 0.5) is 0 Å². The van der Waals surface area contributed by atoms with Gasteiger partial charge in [0, 0.05) is 5.92 Å². The summed E-state index contributed by atoms with van der Waals surface area (Å²) in [4.78, 5) is 0. The van der Waals surface area contributed by atoms with E-state index in [-0.39, 0.29) is 12.5 Å². The SMILES string of the molecule is Cc1ccc(C(c2ccc(C)cc2)c2ccccc2CO)cc1. The molecule has 116 valence electrons. The first-order chi connectivity index (χ1) is 11.2. The Kier molecular flexibility index (Phi) is 4.59. The molecule has 0 atom stereocenters. The van der Waals surface area contributed by atoms with Crippen molar-refractivity contribution in [3.63, 3.8) is 0 Å². The van der Waals surface area contributed by atoms with Gasteiger partial charge in [-0.05, 0) is 36.1 Å². The smallest absolute Gasteiger partial charge is 0.0684 e. The number of rotatable bonds is 4. The molecule has 0 aromatic heterocycles. The minimum Gasteiger partial charge on any atom is -0.392 e. The zero-order valence-corrected chi connectivity index (χ0v) is 13.7. The third-order valence-electron chi connectivity index (χ3n) is 4.36. The molecule has 0 amide bonds. The van der Waals surface area contributed by atoms with E-state index < -0.39 is 0 Å². The van der Waals surface area contributed by atoms with Gasteiger partial charge in [-0.15, -0.1) is 0 Å². The Balaban J connectivity index is 2.17. The molecule has 3 rings (SSSR count). The largest absolute Gasteiger partial charge is 0.392 e. The molecular formula is C22H22O. The highest BCUT2D eigenvalue weighted by Crippen LogP contribution is 2.34. The van der Waals surface area contributed by atoms with Gasteiger partial charge in [-0.25, -0.2) is 0 Å². The molecule has 0 aliphatic rings. The molecule has 1 N–H and O–H groups in total. The lowest BCUT2D eigenvalue weighted by atomic mass is 9.82. The van der Waals surface area contributed by atoms with Crippen LogP contribution in [0.25, 0.3) is 0 Å². The molecule has 1 heteroatoms. The highest BCUT2D eigenvalue weighted by Gasteiger charge is 2.19. The summed E-state index contributed by atoms with van der Waals surface area (Å²) < 4.78 is 0. The van der Waals surface area contributed by atoms with Gasteiger partial charge in [0.25, 0.3) is 0 Å². The van der Waals surface area contributed by atoms with Crippen molar-refractivity contribution in [2.45, 2.75) is 26.4 Å². The van der Waals surface area contributed by atoms with Crippen LogP contribution in [-0.4, -0.2) is 5.11 Å². The van der Waals surface area contributed by atoms with Gasteiger partial charge in [-0.3, -0.25) is 0 Å². The van der Waals surface area contributed by atoms with E-state index >= 15 is 0 Å². The van der Waals surface area contributed by atoms with E-state index in [1.54, 1.807) is 0 Å². The first-order valence-corrected chi connectivity index (χ1v) is 8.01. The van der Waals surface area contributed by atoms with Gasteiger partial charge in [0.05, 0.1) is 6.61 Å². The van der Waals surface area contributed by atoms with Crippen LogP contribution >= 0.6 is 0 Å². The molecule has 23 heavy (non-hydrogen) atoms. The number of hydrogen-bond donors (Lipinski definition) is 1. The summed E-state index contributed by atoms with van der Waals surface area (Å²) in [6.45, 7) is 4.27. The Morgan fingerprint density at radius 3 is 1.65 bits per heavy atom. The van der Waals surface area contributed by atoms with Crippen LogP contribution in [0.5, 0.6) is 0 Å². The topological polar surface area (TPSA) is 20.2 Å². The van der Waals surface area contributed by atoms with Gasteiger partial charge >= 0.3 is 0 Å². The predicted octanol–water partition coefficient (Wildman–Crippen LogP) is 4.98. The lowest BCUT2D eigenvalue weighted by molar-refractivity contribution is 0.280. The molecule has 3 aromatic carbocycles. The summed E-state index contributed by atoms with van der Waals surface area (Å²) >= 11 is 0. The van der Waals surface area contributed by atoms with Crippen molar-refractivity contribution in [2.75, 3.05) is 0 Å². The fraction of sp³-hybridized carbons (Fsp3) is 0.182. The predicted molar refractivity (Wildman–Crippen MR) is 95.7 cm³/mol. The van der Waals surface area contributed by atoms with E-state index in [1.807, 2.05) is 18.2 Å². The molecule has 0 fully saturated rings. The van der Waals surface area contributed by atoms with E-state index in [2.05, 4.69) is 68.4 Å². The van der Waals surface area contributed by atoms with Crippen LogP contribution in [0.15, 0.2) is 72.8 Å². The summed E-state index contributed by atoms with van der Waals surface area (Å²) in [5, 5.41) is 9.75. The van der Waals surface area contributed by atoms with Gasteiger partial charge in [-0.2, -0.15) is 0 Å². The standard InChI is InChI=1S/C22H22O/c1-16-7-11-18(12-8-16)22(19-13-9-17(2)10-14-19)21-6-4-3-5-20(21)15-23/h3-14,22-23H,15H2,1-2H3. The molecule has 0 saturated carbocycles. The summed E-state index contributed by atoms with van der Waals surface area (Å²) in [5.74, 6) is 0.138. The summed E-state index contributed by atoms with van der Waals surface area (Å²) in [6.07, 6.45) is 0. The lowest BCUT2D eigenvalue weighted by Crippen LogP contribution is -2.07. The van der Waals surface area contributed by atoms with Crippen molar-refractivity contribution in [3.8, 4) is 0 Å². The van der Waals surface area contributed by atoms with Crippen LogP contribution in [0.3, 0.4) is 0 Å². The second kappa shape index (κ2) is 6.80. The zero-order chi connectivity index (χ0) is 16.2. The molecule has 0 aliphatic carbocycles. The van der Waals surface area contributed by atoms with Crippen LogP contribution in [0.2, 0.25) is 0 Å². The Hall–Kier alpha value is -2.38. The minimum atomic E-state index is 0.0599. The highest BCUT2D eigenvalue weighted by atomic mass is 16.3. The summed E-state index contributed by atoms with van der Waals surface area (Å²) in [6, 6.07) is 25.5. The zero-order valence-electron chi connectivity index (χ0n) is 13.7. The van der Waals surface area contributed by atoms with Gasteiger partial charge in [0.2, 0.25) is 0 Å². The van der Waals surface area contributed by atoms with E-state index in [0.717, 1.165) is 5.56 Å². The Labute approximate surface area is 138 Å². The summed E-state index contributed by atoms with van der Waals surface area (Å²) in [5.41, 5.74) is 7.17. The molecule has 0 radical (unpaired) electrons. The third-order valence-corrected chi connectivity index (χ3v) is 4.36. The van der Waals surface area contributed by atoms with Crippen molar-refractivity contribution in [3.05, 3.63) is 106 Å². The molecule has 0 aliphatic heterocycles. The van der Waals surface area contributed by atoms with Crippen LogP contribution in [0, 0.1) is 13.8 Å². The lowest BCUT2D eigenvalue weighted by Gasteiger charge is -2.22. The second-order valence-electron chi connectivity index (χ2n) is 6.11. The van der Waals surface area contributed by atoms with E-state index in [9.17, 15) is 5.11 Å². The first-order valence-electron chi connectivity index (χ1n) is 8.01. The Morgan fingerprint density at radius 1 is 0.696 bits per heavy atom. The molecule has 1 nitrogen and oxygen atoms in total. The molecule has 0 unspecified atom stereocenters. The molecular weight excluding hydrogens is 280 g/mol. The minimum absolute atomic E-state index is 0.0599. The second-order valence-corrected chi connectivity index (χ2v) is 6.11. The van der Waals surface area contributed by atoms with Crippen LogP contribution in [-0.2, 0) is 6.61 Å².